The molecule has 0 fully saturated rings. The Kier molecular flexibility index (Phi) is 5.08. The van der Waals surface area contributed by atoms with Crippen molar-refractivity contribution in [1.29, 1.82) is 5.26 Å². The van der Waals surface area contributed by atoms with Crippen molar-refractivity contribution in [2.45, 2.75) is 32.9 Å². The number of carbonyl (C=O) groups excluding carboxylic acids is 1. The fraction of sp³-hybridized carbons (Fsp3) is 0.357. The molecule has 1 amide bonds. The van der Waals surface area contributed by atoms with E-state index in [1.807, 2.05) is 11.4 Å². The van der Waals surface area contributed by atoms with Gasteiger partial charge >= 0.3 is 5.69 Å². The van der Waals surface area contributed by atoms with Gasteiger partial charge in [0.15, 0.2) is 0 Å². The predicted molar refractivity (Wildman–Crippen MR) is 83.8 cm³/mol. The van der Waals surface area contributed by atoms with Crippen molar-refractivity contribution in [1.82, 2.24) is 15.1 Å². The van der Waals surface area contributed by atoms with Crippen molar-refractivity contribution in [2.75, 3.05) is 0 Å². The van der Waals surface area contributed by atoms with Crippen molar-refractivity contribution in [3.8, 4) is 6.07 Å². The van der Waals surface area contributed by atoms with Crippen LogP contribution in [0.4, 0.5) is 5.69 Å². The summed E-state index contributed by atoms with van der Waals surface area (Å²) in [5.41, 5.74) is 1.45. The molecule has 9 heteroatoms. The number of thiophene rings is 1. The summed E-state index contributed by atoms with van der Waals surface area (Å²) in [5.74, 6) is -0.307. The molecule has 0 radical (unpaired) electrons. The number of nitriles is 1. The van der Waals surface area contributed by atoms with Crippen LogP contribution in [0.2, 0.25) is 0 Å². The fourth-order valence-electron chi connectivity index (χ4n) is 2.24. The molecule has 120 valence electrons. The first-order valence-corrected chi connectivity index (χ1v) is 7.77. The van der Waals surface area contributed by atoms with E-state index in [-0.39, 0.29) is 24.6 Å². The third-order valence-corrected chi connectivity index (χ3v) is 4.09. The second kappa shape index (κ2) is 7.02. The molecule has 0 bridgehead atoms. The maximum atomic E-state index is 12.0. The summed E-state index contributed by atoms with van der Waals surface area (Å²) in [5, 5.41) is 30.4. The van der Waals surface area contributed by atoms with Gasteiger partial charge in [-0.25, -0.2) is 0 Å². The Hall–Kier alpha value is -2.73. The molecule has 1 N–H and O–H groups in total. The summed E-state index contributed by atoms with van der Waals surface area (Å²) in [6, 6.07) is 3.13. The topological polar surface area (TPSA) is 114 Å². The maximum absolute atomic E-state index is 12.0. The number of hydrogen-bond acceptors (Lipinski definition) is 6. The van der Waals surface area contributed by atoms with E-state index >= 15 is 0 Å². The quantitative estimate of drug-likeness (QED) is 0.643. The van der Waals surface area contributed by atoms with Crippen LogP contribution in [-0.4, -0.2) is 20.6 Å². The Morgan fingerprint density at radius 3 is 2.87 bits per heavy atom. The second-order valence-electron chi connectivity index (χ2n) is 4.94. The summed E-state index contributed by atoms with van der Waals surface area (Å²) in [6.07, 6.45) is 0.0848. The van der Waals surface area contributed by atoms with Crippen LogP contribution >= 0.6 is 11.3 Å². The van der Waals surface area contributed by atoms with Gasteiger partial charge in [0.1, 0.15) is 17.4 Å². The van der Waals surface area contributed by atoms with E-state index in [2.05, 4.69) is 10.4 Å². The first-order chi connectivity index (χ1) is 10.9. The highest BCUT2D eigenvalue weighted by molar-refractivity contribution is 7.08. The predicted octanol–water partition coefficient (Wildman–Crippen LogP) is 2.24. The number of nitro groups is 1. The van der Waals surface area contributed by atoms with Gasteiger partial charge in [-0.3, -0.25) is 19.6 Å². The van der Waals surface area contributed by atoms with Gasteiger partial charge in [0, 0.05) is 6.42 Å². The van der Waals surface area contributed by atoms with Crippen molar-refractivity contribution in [2.24, 2.45) is 0 Å². The molecule has 0 aliphatic heterocycles. The third-order valence-electron chi connectivity index (χ3n) is 3.39. The molecule has 0 unspecified atom stereocenters. The van der Waals surface area contributed by atoms with Gasteiger partial charge in [-0.2, -0.15) is 21.7 Å². The van der Waals surface area contributed by atoms with Gasteiger partial charge < -0.3 is 5.32 Å². The van der Waals surface area contributed by atoms with Gasteiger partial charge in [-0.05, 0) is 36.2 Å². The molecule has 0 aliphatic rings. The smallest absolute Gasteiger partial charge is 0.312 e. The molecular formula is C14H15N5O3S. The Morgan fingerprint density at radius 1 is 1.61 bits per heavy atom. The van der Waals surface area contributed by atoms with Crippen LogP contribution < -0.4 is 5.32 Å². The molecule has 0 spiro atoms. The van der Waals surface area contributed by atoms with Crippen molar-refractivity contribution >= 4 is 22.9 Å². The zero-order chi connectivity index (χ0) is 17.0. The molecule has 0 saturated carbocycles. The first kappa shape index (κ1) is 16.6. The molecule has 23 heavy (non-hydrogen) atoms. The number of nitrogens with one attached hydrogen (secondary N) is 1. The summed E-state index contributed by atoms with van der Waals surface area (Å²) in [4.78, 5) is 22.5. The Bertz CT molecular complexity index is 760. The minimum atomic E-state index is -0.691. The molecule has 0 aromatic carbocycles. The normalized spacial score (nSPS) is 11.7. The zero-order valence-corrected chi connectivity index (χ0v) is 13.5. The lowest BCUT2D eigenvalue weighted by Gasteiger charge is -2.10. The summed E-state index contributed by atoms with van der Waals surface area (Å²) >= 11 is 1.45. The molecule has 0 aliphatic carbocycles. The van der Waals surface area contributed by atoms with Gasteiger partial charge in [0.05, 0.1) is 17.5 Å². The summed E-state index contributed by atoms with van der Waals surface area (Å²) < 4.78 is 1.44. The number of amides is 1. The average molecular weight is 333 g/mol. The highest BCUT2D eigenvalue weighted by Crippen LogP contribution is 2.22. The molecule has 8 nitrogen and oxygen atoms in total. The lowest BCUT2D eigenvalue weighted by molar-refractivity contribution is -0.386. The number of aryl methyl sites for hydroxylation is 2. The number of rotatable bonds is 6. The standard InChI is InChI=1S/C14H15N5O3S/c1-9-14(19(21)22)10(2)18(17-9)5-3-13(20)16-12(7-15)11-4-6-23-8-11/h4,6,8,12H,3,5H2,1-2H3,(H,16,20)/t12-/m0/s1. The van der Waals surface area contributed by atoms with Crippen LogP contribution in [0.15, 0.2) is 16.8 Å². The molecule has 1 atom stereocenters. The van der Waals surface area contributed by atoms with Crippen LogP contribution in [0.3, 0.4) is 0 Å². The van der Waals surface area contributed by atoms with E-state index in [9.17, 15) is 14.9 Å². The highest BCUT2D eigenvalue weighted by atomic mass is 32.1. The van der Waals surface area contributed by atoms with E-state index in [0.29, 0.717) is 11.4 Å². The lowest BCUT2D eigenvalue weighted by Crippen LogP contribution is -2.28. The van der Waals surface area contributed by atoms with E-state index in [1.54, 1.807) is 25.3 Å². The number of carbonyl (C=O) groups is 1. The molecule has 0 saturated heterocycles. The average Bonchev–Trinajstić information content (AvgIpc) is 3.11. The Labute approximate surface area is 136 Å². The second-order valence-corrected chi connectivity index (χ2v) is 5.72. The van der Waals surface area contributed by atoms with Crippen molar-refractivity contribution in [3.63, 3.8) is 0 Å². The molecule has 2 aromatic rings. The van der Waals surface area contributed by atoms with Gasteiger partial charge in [0.25, 0.3) is 0 Å². The summed E-state index contributed by atoms with van der Waals surface area (Å²) in [6.45, 7) is 3.37. The van der Waals surface area contributed by atoms with Gasteiger partial charge in [-0.15, -0.1) is 0 Å². The van der Waals surface area contributed by atoms with Gasteiger partial charge in [-0.1, -0.05) is 0 Å². The molecular weight excluding hydrogens is 318 g/mol. The minimum Gasteiger partial charge on any atom is -0.337 e. The van der Waals surface area contributed by atoms with Crippen LogP contribution in [0, 0.1) is 35.3 Å². The highest BCUT2D eigenvalue weighted by Gasteiger charge is 2.22. The summed E-state index contributed by atoms with van der Waals surface area (Å²) in [7, 11) is 0. The van der Waals surface area contributed by atoms with Crippen molar-refractivity contribution < 1.29 is 9.72 Å². The third kappa shape index (κ3) is 3.73. The van der Waals surface area contributed by atoms with E-state index in [4.69, 9.17) is 5.26 Å². The van der Waals surface area contributed by atoms with E-state index in [1.165, 1.54) is 16.0 Å². The molecule has 2 rings (SSSR count). The Balaban J connectivity index is 1.99. The SMILES string of the molecule is Cc1nn(CCC(=O)N[C@@H](C#N)c2ccsc2)c(C)c1[N+](=O)[O-]. The van der Waals surface area contributed by atoms with Crippen LogP contribution in [0.1, 0.15) is 29.4 Å². The monoisotopic (exact) mass is 333 g/mol. The molecule has 2 heterocycles. The van der Waals surface area contributed by atoms with Gasteiger partial charge in [0.2, 0.25) is 5.91 Å². The number of hydrogen-bond donors (Lipinski definition) is 1. The van der Waals surface area contributed by atoms with E-state index < -0.39 is 11.0 Å². The van der Waals surface area contributed by atoms with Crippen molar-refractivity contribution in [3.05, 3.63) is 43.9 Å². The maximum Gasteiger partial charge on any atom is 0.312 e. The number of nitrogens with zero attached hydrogens (tertiary/aromatic N) is 4. The van der Waals surface area contributed by atoms with Crippen LogP contribution in [0.25, 0.3) is 0 Å². The minimum absolute atomic E-state index is 0.0291. The first-order valence-electron chi connectivity index (χ1n) is 6.83. The lowest BCUT2D eigenvalue weighted by atomic mass is 10.1. The van der Waals surface area contributed by atoms with E-state index in [0.717, 1.165) is 5.56 Å². The van der Waals surface area contributed by atoms with Crippen LogP contribution in [-0.2, 0) is 11.3 Å². The fourth-order valence-corrected chi connectivity index (χ4v) is 2.93. The molecule has 2 aromatic heterocycles. The zero-order valence-electron chi connectivity index (χ0n) is 12.6. The Morgan fingerprint density at radius 2 is 2.35 bits per heavy atom. The van der Waals surface area contributed by atoms with Crippen LogP contribution in [0.5, 0.6) is 0 Å². The largest absolute Gasteiger partial charge is 0.337 e. The number of aromatic nitrogens is 2.